The second kappa shape index (κ2) is 7.52. The number of methoxy groups -OCH3 is 1. The number of aromatic nitrogens is 1. The van der Waals surface area contributed by atoms with E-state index in [9.17, 15) is 8.42 Å². The number of rotatable bonds is 9. The summed E-state index contributed by atoms with van der Waals surface area (Å²) in [4.78, 5) is 3.20. The third kappa shape index (κ3) is 4.77. The largest absolute Gasteiger partial charge is 0.385 e. The molecule has 0 saturated heterocycles. The molecule has 0 fully saturated rings. The molecule has 0 unspecified atom stereocenters. The average molecular weight is 275 g/mol. The van der Waals surface area contributed by atoms with Crippen LogP contribution in [0.5, 0.6) is 0 Å². The molecule has 6 nitrogen and oxygen atoms in total. The van der Waals surface area contributed by atoms with E-state index in [-0.39, 0.29) is 4.90 Å². The molecule has 0 amide bonds. The van der Waals surface area contributed by atoms with Crippen LogP contribution in [0.1, 0.15) is 18.5 Å². The fourth-order valence-electron chi connectivity index (χ4n) is 1.53. The van der Waals surface area contributed by atoms with E-state index in [4.69, 9.17) is 4.74 Å². The predicted octanol–water partition coefficient (Wildman–Crippen LogP) is 0.439. The Morgan fingerprint density at radius 3 is 2.83 bits per heavy atom. The summed E-state index contributed by atoms with van der Waals surface area (Å²) in [6, 6.07) is 1.63. The lowest BCUT2D eigenvalue weighted by atomic mass is 10.3. The van der Waals surface area contributed by atoms with E-state index in [2.05, 4.69) is 15.0 Å². The Labute approximate surface area is 108 Å². The average Bonchev–Trinajstić information content (AvgIpc) is 2.79. The molecule has 1 heterocycles. The van der Waals surface area contributed by atoms with Crippen LogP contribution >= 0.6 is 0 Å². The Morgan fingerprint density at radius 1 is 1.39 bits per heavy atom. The van der Waals surface area contributed by atoms with Gasteiger partial charge < -0.3 is 15.0 Å². The molecule has 0 bridgehead atoms. The van der Waals surface area contributed by atoms with Gasteiger partial charge in [0.15, 0.2) is 0 Å². The van der Waals surface area contributed by atoms with Crippen LogP contribution < -0.4 is 10.0 Å². The summed E-state index contributed by atoms with van der Waals surface area (Å²) in [5.74, 6) is 0. The van der Waals surface area contributed by atoms with Crippen LogP contribution in [-0.2, 0) is 21.3 Å². The van der Waals surface area contributed by atoms with Gasteiger partial charge in [-0.25, -0.2) is 13.1 Å². The maximum absolute atomic E-state index is 11.9. The summed E-state index contributed by atoms with van der Waals surface area (Å²) in [6.07, 6.45) is 3.11. The van der Waals surface area contributed by atoms with E-state index in [1.165, 1.54) is 6.20 Å². The minimum Gasteiger partial charge on any atom is -0.385 e. The quantitative estimate of drug-likeness (QED) is 0.571. The Hall–Kier alpha value is -0.890. The van der Waals surface area contributed by atoms with Gasteiger partial charge in [-0.1, -0.05) is 0 Å². The number of hydrogen-bond acceptors (Lipinski definition) is 4. The van der Waals surface area contributed by atoms with Crippen LogP contribution in [-0.4, -0.2) is 40.7 Å². The van der Waals surface area contributed by atoms with E-state index in [0.29, 0.717) is 19.7 Å². The number of unbranched alkanes of at least 4 members (excludes halogenated alkanes) is 1. The second-order valence-electron chi connectivity index (χ2n) is 3.99. The SMILES string of the molecule is CNCc1cc(S(=O)(=O)NCCCCOC)c[nH]1. The first-order chi connectivity index (χ1) is 8.60. The lowest BCUT2D eigenvalue weighted by Gasteiger charge is -2.04. The van der Waals surface area contributed by atoms with Crippen molar-refractivity contribution in [2.75, 3.05) is 27.3 Å². The molecule has 0 aliphatic heterocycles. The minimum absolute atomic E-state index is 0.277. The third-order valence-corrected chi connectivity index (χ3v) is 3.90. The van der Waals surface area contributed by atoms with E-state index in [1.54, 1.807) is 13.2 Å². The van der Waals surface area contributed by atoms with Gasteiger partial charge in [-0.2, -0.15) is 0 Å². The van der Waals surface area contributed by atoms with Crippen LogP contribution in [0.25, 0.3) is 0 Å². The first-order valence-electron chi connectivity index (χ1n) is 5.90. The fourth-order valence-corrected chi connectivity index (χ4v) is 2.62. The molecule has 0 atom stereocenters. The van der Waals surface area contributed by atoms with Crippen LogP contribution in [0.3, 0.4) is 0 Å². The number of aromatic amines is 1. The lowest BCUT2D eigenvalue weighted by Crippen LogP contribution is -2.24. The molecule has 0 aliphatic rings. The second-order valence-corrected chi connectivity index (χ2v) is 5.76. The third-order valence-electron chi connectivity index (χ3n) is 2.46. The summed E-state index contributed by atoms with van der Waals surface area (Å²) >= 11 is 0. The normalized spacial score (nSPS) is 11.9. The summed E-state index contributed by atoms with van der Waals surface area (Å²) in [5.41, 5.74) is 0.845. The van der Waals surface area contributed by atoms with Crippen molar-refractivity contribution in [2.45, 2.75) is 24.3 Å². The standard InChI is InChI=1S/C11H21N3O3S/c1-12-8-10-7-11(9-13-10)18(15,16)14-5-3-4-6-17-2/h7,9,12-14H,3-6,8H2,1-2H3. The van der Waals surface area contributed by atoms with Gasteiger partial charge in [0, 0.05) is 38.7 Å². The maximum atomic E-state index is 11.9. The number of nitrogens with one attached hydrogen (secondary N) is 3. The molecular formula is C11H21N3O3S. The van der Waals surface area contributed by atoms with Gasteiger partial charge in [0.25, 0.3) is 0 Å². The molecule has 104 valence electrons. The molecule has 0 radical (unpaired) electrons. The minimum atomic E-state index is -3.39. The van der Waals surface area contributed by atoms with E-state index >= 15 is 0 Å². The van der Waals surface area contributed by atoms with Crippen molar-refractivity contribution in [3.8, 4) is 0 Å². The monoisotopic (exact) mass is 275 g/mol. The Balaban J connectivity index is 2.46. The van der Waals surface area contributed by atoms with Crippen molar-refractivity contribution in [2.24, 2.45) is 0 Å². The topological polar surface area (TPSA) is 83.2 Å². The molecule has 1 rings (SSSR count). The summed E-state index contributed by atoms with van der Waals surface area (Å²) in [6.45, 7) is 1.69. The lowest BCUT2D eigenvalue weighted by molar-refractivity contribution is 0.193. The van der Waals surface area contributed by atoms with Crippen LogP contribution in [0.4, 0.5) is 0 Å². The predicted molar refractivity (Wildman–Crippen MR) is 69.9 cm³/mol. The number of sulfonamides is 1. The highest BCUT2D eigenvalue weighted by Crippen LogP contribution is 2.10. The molecule has 0 saturated carbocycles. The van der Waals surface area contributed by atoms with Crippen molar-refractivity contribution < 1.29 is 13.2 Å². The van der Waals surface area contributed by atoms with Crippen molar-refractivity contribution in [1.82, 2.24) is 15.0 Å². The Kier molecular flexibility index (Phi) is 6.34. The van der Waals surface area contributed by atoms with Gasteiger partial charge in [0.2, 0.25) is 10.0 Å². The zero-order chi connectivity index (χ0) is 13.4. The highest BCUT2D eigenvalue weighted by molar-refractivity contribution is 7.89. The number of H-pyrrole nitrogens is 1. The van der Waals surface area contributed by atoms with Gasteiger partial charge >= 0.3 is 0 Å². The highest BCUT2D eigenvalue weighted by Gasteiger charge is 2.14. The van der Waals surface area contributed by atoms with Gasteiger partial charge in [-0.05, 0) is 26.0 Å². The molecule has 0 aliphatic carbocycles. The van der Waals surface area contributed by atoms with Crippen LogP contribution in [0.15, 0.2) is 17.2 Å². The van der Waals surface area contributed by atoms with Crippen molar-refractivity contribution >= 4 is 10.0 Å². The van der Waals surface area contributed by atoms with Gasteiger partial charge in [-0.3, -0.25) is 0 Å². The van der Waals surface area contributed by atoms with Gasteiger partial charge in [0.1, 0.15) is 0 Å². The van der Waals surface area contributed by atoms with E-state index in [1.807, 2.05) is 7.05 Å². The van der Waals surface area contributed by atoms with Gasteiger partial charge in [0.05, 0.1) is 4.90 Å². The molecule has 0 spiro atoms. The molecule has 18 heavy (non-hydrogen) atoms. The highest BCUT2D eigenvalue weighted by atomic mass is 32.2. The Morgan fingerprint density at radius 2 is 2.17 bits per heavy atom. The molecular weight excluding hydrogens is 254 g/mol. The van der Waals surface area contributed by atoms with E-state index in [0.717, 1.165) is 18.5 Å². The molecule has 0 aromatic carbocycles. The van der Waals surface area contributed by atoms with Crippen molar-refractivity contribution in [1.29, 1.82) is 0 Å². The summed E-state index contributed by atoms with van der Waals surface area (Å²) in [7, 11) is 0.0460. The van der Waals surface area contributed by atoms with E-state index < -0.39 is 10.0 Å². The fraction of sp³-hybridized carbons (Fsp3) is 0.636. The summed E-state index contributed by atoms with van der Waals surface area (Å²) in [5, 5.41) is 2.95. The molecule has 1 aromatic heterocycles. The van der Waals surface area contributed by atoms with Crippen molar-refractivity contribution in [3.05, 3.63) is 18.0 Å². The first-order valence-corrected chi connectivity index (χ1v) is 7.39. The van der Waals surface area contributed by atoms with Gasteiger partial charge in [-0.15, -0.1) is 0 Å². The first kappa shape index (κ1) is 15.2. The van der Waals surface area contributed by atoms with Crippen LogP contribution in [0.2, 0.25) is 0 Å². The van der Waals surface area contributed by atoms with Crippen molar-refractivity contribution in [3.63, 3.8) is 0 Å². The zero-order valence-electron chi connectivity index (χ0n) is 10.8. The number of hydrogen-bond donors (Lipinski definition) is 3. The number of ether oxygens (including phenoxy) is 1. The summed E-state index contributed by atoms with van der Waals surface area (Å²) < 4.78 is 31.3. The van der Waals surface area contributed by atoms with Crippen LogP contribution in [0, 0.1) is 0 Å². The molecule has 1 aromatic rings. The zero-order valence-corrected chi connectivity index (χ0v) is 11.6. The molecule has 3 N–H and O–H groups in total. The Bertz CT molecular complexity index is 442. The smallest absolute Gasteiger partial charge is 0.242 e. The molecule has 7 heteroatoms. The maximum Gasteiger partial charge on any atom is 0.242 e.